The maximum absolute atomic E-state index is 12.3. The second-order valence-electron chi connectivity index (χ2n) is 4.03. The predicted octanol–water partition coefficient (Wildman–Crippen LogP) is 3.10. The van der Waals surface area contributed by atoms with E-state index in [0.29, 0.717) is 0 Å². The zero-order valence-electron chi connectivity index (χ0n) is 7.77. The minimum Gasteiger partial charge on any atom is -0.444 e. The predicted molar refractivity (Wildman–Crippen MR) is 51.7 cm³/mol. The molecule has 1 heterocycles. The Balaban J connectivity index is 3.01. The fourth-order valence-corrected chi connectivity index (χ4v) is 1.90. The maximum Gasteiger partial charge on any atom is 0.519 e. The van der Waals surface area contributed by atoms with Crippen LogP contribution in [0.15, 0.2) is 12.1 Å². The molecule has 0 radical (unpaired) electrons. The molecule has 0 aliphatic heterocycles. The third-order valence-corrected chi connectivity index (χ3v) is 3.30. The Bertz CT molecular complexity index is 267. The maximum atomic E-state index is 12.3. The third-order valence-electron chi connectivity index (χ3n) is 1.69. The lowest BCUT2D eigenvalue weighted by atomic mass is 9.89. The van der Waals surface area contributed by atoms with Crippen LogP contribution in [0.4, 0.5) is 12.9 Å². The molecule has 0 unspecified atom stereocenters. The summed E-state index contributed by atoms with van der Waals surface area (Å²) < 4.78 is 36.3. The summed E-state index contributed by atoms with van der Waals surface area (Å²) >= 11 is 0.850. The minimum absolute atomic E-state index is 0.190. The molecule has 13 heavy (non-hydrogen) atoms. The molecule has 0 nitrogen and oxygen atoms in total. The van der Waals surface area contributed by atoms with Crippen molar-refractivity contribution in [1.29, 1.82) is 0 Å². The Morgan fingerprint density at radius 1 is 1.15 bits per heavy atom. The average Bonchev–Trinajstić information content (AvgIpc) is 2.28. The van der Waals surface area contributed by atoms with Gasteiger partial charge in [0.05, 0.1) is 0 Å². The number of thiophene rings is 1. The summed E-state index contributed by atoms with van der Waals surface area (Å²) in [5, 5.41) is 0. The van der Waals surface area contributed by atoms with Crippen molar-refractivity contribution >= 4 is 23.1 Å². The van der Waals surface area contributed by atoms with Crippen LogP contribution in [0.5, 0.6) is 0 Å². The standard InChI is InChI=1S/C8H11BF3S/c1-8(2,3)6-4-5-7(13-6)9(10,11)12/h4-5H,1-3H3/q-1. The molecule has 0 saturated heterocycles. The third kappa shape index (κ3) is 2.50. The fraction of sp³-hybridized carbons (Fsp3) is 0.500. The van der Waals surface area contributed by atoms with Crippen molar-refractivity contribution in [1.82, 2.24) is 0 Å². The van der Waals surface area contributed by atoms with Crippen molar-refractivity contribution in [2.24, 2.45) is 0 Å². The van der Waals surface area contributed by atoms with E-state index in [-0.39, 0.29) is 5.41 Å². The molecule has 0 bridgehead atoms. The number of rotatable bonds is 1. The molecule has 1 aromatic heterocycles. The molecule has 1 aromatic rings. The van der Waals surface area contributed by atoms with Crippen molar-refractivity contribution in [2.45, 2.75) is 26.2 Å². The monoisotopic (exact) mass is 207 g/mol. The van der Waals surface area contributed by atoms with E-state index in [2.05, 4.69) is 0 Å². The van der Waals surface area contributed by atoms with Crippen LogP contribution < -0.4 is 4.78 Å². The zero-order chi connectivity index (χ0) is 10.3. The van der Waals surface area contributed by atoms with Gasteiger partial charge in [0.2, 0.25) is 0 Å². The Morgan fingerprint density at radius 3 is 1.92 bits per heavy atom. The minimum atomic E-state index is -4.82. The van der Waals surface area contributed by atoms with Gasteiger partial charge in [0, 0.05) is 4.88 Å². The first kappa shape index (κ1) is 10.6. The second kappa shape index (κ2) is 3.05. The molecule has 5 heteroatoms. The molecule has 0 atom stereocenters. The van der Waals surface area contributed by atoms with Gasteiger partial charge in [-0.2, -0.15) is 11.3 Å². The molecule has 0 aromatic carbocycles. The molecular weight excluding hydrogens is 196 g/mol. The van der Waals surface area contributed by atoms with Crippen molar-refractivity contribution in [3.63, 3.8) is 0 Å². The van der Waals surface area contributed by atoms with Gasteiger partial charge < -0.3 is 12.9 Å². The summed E-state index contributed by atoms with van der Waals surface area (Å²) in [6.45, 7) is 0.908. The summed E-state index contributed by atoms with van der Waals surface area (Å²) in [7, 11) is 0. The second-order valence-corrected chi connectivity index (χ2v) is 5.14. The number of halogens is 3. The van der Waals surface area contributed by atoms with Crippen LogP contribution >= 0.6 is 11.3 Å². The lowest BCUT2D eigenvalue weighted by molar-refractivity contribution is 0.503. The summed E-state index contributed by atoms with van der Waals surface area (Å²) in [5.41, 5.74) is -0.190. The Hall–Kier alpha value is -0.445. The van der Waals surface area contributed by atoms with Crippen molar-refractivity contribution in [3.05, 3.63) is 17.0 Å². The molecule has 0 N–H and O–H groups in total. The van der Waals surface area contributed by atoms with Crippen LogP contribution in [-0.2, 0) is 5.41 Å². The van der Waals surface area contributed by atoms with Gasteiger partial charge in [0.1, 0.15) is 0 Å². The van der Waals surface area contributed by atoms with E-state index < -0.39 is 11.8 Å². The molecular formula is C8H11BF3S-. The molecule has 74 valence electrons. The normalized spacial score (nSPS) is 13.4. The van der Waals surface area contributed by atoms with E-state index >= 15 is 0 Å². The van der Waals surface area contributed by atoms with Crippen LogP contribution in [-0.4, -0.2) is 6.98 Å². The molecule has 0 amide bonds. The largest absolute Gasteiger partial charge is 0.519 e. The Morgan fingerprint density at radius 2 is 1.69 bits per heavy atom. The molecule has 1 rings (SSSR count). The van der Waals surface area contributed by atoms with Crippen LogP contribution in [0.25, 0.3) is 0 Å². The van der Waals surface area contributed by atoms with Crippen LogP contribution in [0.3, 0.4) is 0 Å². The van der Waals surface area contributed by atoms with Gasteiger partial charge >= 0.3 is 6.98 Å². The molecule has 0 spiro atoms. The van der Waals surface area contributed by atoms with E-state index in [1.165, 1.54) is 6.07 Å². The Labute approximate surface area is 79.8 Å². The summed E-state index contributed by atoms with van der Waals surface area (Å²) in [6, 6.07) is 2.74. The molecule has 0 fully saturated rings. The Kier molecular flexibility index (Phi) is 2.49. The highest BCUT2D eigenvalue weighted by Crippen LogP contribution is 2.27. The van der Waals surface area contributed by atoms with E-state index in [9.17, 15) is 12.9 Å². The molecule has 0 aliphatic rings. The van der Waals surface area contributed by atoms with Crippen LogP contribution in [0.2, 0.25) is 0 Å². The smallest absolute Gasteiger partial charge is 0.444 e. The van der Waals surface area contributed by atoms with Crippen LogP contribution in [0, 0.1) is 0 Å². The molecule has 0 saturated carbocycles. The summed E-state index contributed by atoms with van der Waals surface area (Å²) in [5.74, 6) is 0. The SMILES string of the molecule is CC(C)(C)c1ccc([B-](F)(F)F)s1. The van der Waals surface area contributed by atoms with Crippen LogP contribution in [0.1, 0.15) is 25.6 Å². The molecule has 0 aliphatic carbocycles. The lowest BCUT2D eigenvalue weighted by Gasteiger charge is -2.16. The van der Waals surface area contributed by atoms with Gasteiger partial charge in [-0.1, -0.05) is 37.7 Å². The first-order chi connectivity index (χ1) is 5.71. The lowest BCUT2D eigenvalue weighted by Crippen LogP contribution is -2.30. The van der Waals surface area contributed by atoms with E-state index in [1.807, 2.05) is 20.8 Å². The van der Waals surface area contributed by atoms with Gasteiger partial charge in [-0.25, -0.2) is 0 Å². The number of hydrogen-bond donors (Lipinski definition) is 0. The quantitative estimate of drug-likeness (QED) is 0.620. The fourth-order valence-electron chi connectivity index (χ4n) is 0.932. The highest BCUT2D eigenvalue weighted by molar-refractivity contribution is 7.24. The van der Waals surface area contributed by atoms with Crippen molar-refractivity contribution < 1.29 is 12.9 Å². The van der Waals surface area contributed by atoms with E-state index in [0.717, 1.165) is 16.2 Å². The van der Waals surface area contributed by atoms with Gasteiger partial charge in [0.25, 0.3) is 0 Å². The topological polar surface area (TPSA) is 0 Å². The van der Waals surface area contributed by atoms with Crippen molar-refractivity contribution in [3.8, 4) is 0 Å². The van der Waals surface area contributed by atoms with Gasteiger partial charge in [-0.05, 0) is 5.41 Å². The highest BCUT2D eigenvalue weighted by Gasteiger charge is 2.29. The number of hydrogen-bond acceptors (Lipinski definition) is 1. The first-order valence-electron chi connectivity index (χ1n) is 4.01. The van der Waals surface area contributed by atoms with E-state index in [1.54, 1.807) is 6.07 Å². The van der Waals surface area contributed by atoms with Crippen molar-refractivity contribution in [2.75, 3.05) is 0 Å². The zero-order valence-corrected chi connectivity index (χ0v) is 8.59. The first-order valence-corrected chi connectivity index (χ1v) is 4.83. The van der Waals surface area contributed by atoms with Gasteiger partial charge in [-0.15, -0.1) is 0 Å². The van der Waals surface area contributed by atoms with Gasteiger partial charge in [-0.3, -0.25) is 0 Å². The average molecular weight is 207 g/mol. The highest BCUT2D eigenvalue weighted by atomic mass is 32.1. The summed E-state index contributed by atoms with van der Waals surface area (Å²) in [6.07, 6.45) is 0. The van der Waals surface area contributed by atoms with Gasteiger partial charge in [0.15, 0.2) is 0 Å². The summed E-state index contributed by atoms with van der Waals surface area (Å²) in [4.78, 5) is 0.779. The van der Waals surface area contributed by atoms with E-state index in [4.69, 9.17) is 0 Å².